The monoisotopic (exact) mass is 299 g/mol. The summed E-state index contributed by atoms with van der Waals surface area (Å²) in [6, 6.07) is 13.6. The van der Waals surface area contributed by atoms with Gasteiger partial charge in [0.15, 0.2) is 0 Å². The SMILES string of the molecule is CSc1ccccc1C(O)c1ccc2c(c1)CC(=O)N2C. The van der Waals surface area contributed by atoms with Gasteiger partial charge < -0.3 is 10.0 Å². The molecule has 4 heteroatoms. The van der Waals surface area contributed by atoms with Gasteiger partial charge in [0.05, 0.1) is 6.42 Å². The van der Waals surface area contributed by atoms with E-state index in [0.29, 0.717) is 6.42 Å². The standard InChI is InChI=1S/C17H17NO2S/c1-18-14-8-7-11(9-12(14)10-16(18)19)17(20)13-5-3-4-6-15(13)21-2/h3-9,17,20H,10H2,1-2H3. The Morgan fingerprint density at radius 1 is 1.24 bits per heavy atom. The van der Waals surface area contributed by atoms with E-state index in [4.69, 9.17) is 0 Å². The minimum atomic E-state index is -0.667. The molecule has 0 fully saturated rings. The summed E-state index contributed by atoms with van der Waals surface area (Å²) in [6.45, 7) is 0. The van der Waals surface area contributed by atoms with Crippen molar-refractivity contribution < 1.29 is 9.90 Å². The predicted octanol–water partition coefficient (Wildman–Crippen LogP) is 3.01. The summed E-state index contributed by atoms with van der Waals surface area (Å²) < 4.78 is 0. The maximum atomic E-state index is 11.7. The van der Waals surface area contributed by atoms with E-state index in [1.54, 1.807) is 23.7 Å². The smallest absolute Gasteiger partial charge is 0.231 e. The van der Waals surface area contributed by atoms with Crippen molar-refractivity contribution in [3.63, 3.8) is 0 Å². The molecule has 0 aromatic heterocycles. The van der Waals surface area contributed by atoms with Crippen molar-refractivity contribution in [3.05, 3.63) is 59.2 Å². The van der Waals surface area contributed by atoms with E-state index in [1.807, 2.05) is 48.7 Å². The summed E-state index contributed by atoms with van der Waals surface area (Å²) in [7, 11) is 1.79. The lowest BCUT2D eigenvalue weighted by molar-refractivity contribution is -0.117. The molecule has 1 amide bonds. The van der Waals surface area contributed by atoms with Crippen molar-refractivity contribution in [1.82, 2.24) is 0 Å². The van der Waals surface area contributed by atoms with Crippen LogP contribution in [0.3, 0.4) is 0 Å². The van der Waals surface area contributed by atoms with Gasteiger partial charge in [0.25, 0.3) is 0 Å². The van der Waals surface area contributed by atoms with Crippen LogP contribution in [0.15, 0.2) is 47.4 Å². The summed E-state index contributed by atoms with van der Waals surface area (Å²) in [5.74, 6) is 0.0983. The number of amides is 1. The maximum absolute atomic E-state index is 11.7. The van der Waals surface area contributed by atoms with Crippen LogP contribution in [0.5, 0.6) is 0 Å². The summed E-state index contributed by atoms with van der Waals surface area (Å²) in [5, 5.41) is 10.7. The second kappa shape index (κ2) is 5.54. The third-order valence-electron chi connectivity index (χ3n) is 3.93. The summed E-state index contributed by atoms with van der Waals surface area (Å²) in [4.78, 5) is 14.5. The molecule has 0 saturated carbocycles. The summed E-state index contributed by atoms with van der Waals surface area (Å²) in [5.41, 5.74) is 3.66. The number of carbonyl (C=O) groups excluding carboxylic acids is 1. The summed E-state index contributed by atoms with van der Waals surface area (Å²) in [6.07, 6.45) is 1.75. The van der Waals surface area contributed by atoms with E-state index in [9.17, 15) is 9.90 Å². The number of benzene rings is 2. The molecule has 108 valence electrons. The highest BCUT2D eigenvalue weighted by Gasteiger charge is 2.25. The fourth-order valence-electron chi connectivity index (χ4n) is 2.73. The van der Waals surface area contributed by atoms with Gasteiger partial charge in [-0.1, -0.05) is 30.3 Å². The molecule has 1 aliphatic heterocycles. The number of aliphatic hydroxyl groups is 1. The first kappa shape index (κ1) is 14.2. The molecule has 3 rings (SSSR count). The molecule has 1 N–H and O–H groups in total. The number of anilines is 1. The zero-order valence-electron chi connectivity index (χ0n) is 12.0. The predicted molar refractivity (Wildman–Crippen MR) is 85.8 cm³/mol. The van der Waals surface area contributed by atoms with E-state index in [-0.39, 0.29) is 5.91 Å². The Morgan fingerprint density at radius 2 is 2.00 bits per heavy atom. The van der Waals surface area contributed by atoms with Crippen LogP contribution in [0.1, 0.15) is 22.8 Å². The van der Waals surface area contributed by atoms with E-state index >= 15 is 0 Å². The molecular weight excluding hydrogens is 282 g/mol. The van der Waals surface area contributed by atoms with Crippen molar-refractivity contribution in [2.75, 3.05) is 18.2 Å². The number of carbonyl (C=O) groups is 1. The molecular formula is C17H17NO2S. The molecule has 0 bridgehead atoms. The molecule has 0 radical (unpaired) electrons. The molecule has 3 nitrogen and oxygen atoms in total. The molecule has 0 saturated heterocycles. The quantitative estimate of drug-likeness (QED) is 0.886. The average molecular weight is 299 g/mol. The Hall–Kier alpha value is -1.78. The van der Waals surface area contributed by atoms with Gasteiger partial charge in [0.1, 0.15) is 6.10 Å². The minimum absolute atomic E-state index is 0.0983. The second-order valence-corrected chi connectivity index (χ2v) is 6.01. The third-order valence-corrected chi connectivity index (χ3v) is 4.74. The van der Waals surface area contributed by atoms with Crippen LogP contribution in [0.2, 0.25) is 0 Å². The number of fused-ring (bicyclic) bond motifs is 1. The van der Waals surface area contributed by atoms with Crippen LogP contribution >= 0.6 is 11.8 Å². The van der Waals surface area contributed by atoms with Crippen molar-refractivity contribution in [2.45, 2.75) is 17.4 Å². The van der Waals surface area contributed by atoms with Gasteiger partial charge in [-0.25, -0.2) is 0 Å². The topological polar surface area (TPSA) is 40.5 Å². The lowest BCUT2D eigenvalue weighted by Gasteiger charge is -2.16. The zero-order chi connectivity index (χ0) is 15.0. The molecule has 0 aliphatic carbocycles. The van der Waals surface area contributed by atoms with Crippen molar-refractivity contribution >= 4 is 23.4 Å². The lowest BCUT2D eigenvalue weighted by Crippen LogP contribution is -2.20. The molecule has 1 unspecified atom stereocenters. The van der Waals surface area contributed by atoms with Gasteiger partial charge in [0.2, 0.25) is 5.91 Å². The highest BCUT2D eigenvalue weighted by atomic mass is 32.2. The molecule has 1 atom stereocenters. The Morgan fingerprint density at radius 3 is 2.76 bits per heavy atom. The first-order valence-electron chi connectivity index (χ1n) is 6.82. The van der Waals surface area contributed by atoms with Crippen LogP contribution in [0.25, 0.3) is 0 Å². The number of aliphatic hydroxyl groups excluding tert-OH is 1. The Balaban J connectivity index is 1.98. The molecule has 0 spiro atoms. The van der Waals surface area contributed by atoms with Gasteiger partial charge in [-0.05, 0) is 35.1 Å². The zero-order valence-corrected chi connectivity index (χ0v) is 12.9. The van der Waals surface area contributed by atoms with Gasteiger partial charge in [-0.15, -0.1) is 11.8 Å². The van der Waals surface area contributed by atoms with Crippen LogP contribution in [0.4, 0.5) is 5.69 Å². The van der Waals surface area contributed by atoms with Gasteiger partial charge >= 0.3 is 0 Å². The first-order valence-corrected chi connectivity index (χ1v) is 8.04. The molecule has 2 aromatic rings. The van der Waals surface area contributed by atoms with Crippen LogP contribution in [-0.4, -0.2) is 24.3 Å². The highest BCUT2D eigenvalue weighted by Crippen LogP contribution is 2.34. The Kier molecular flexibility index (Phi) is 3.74. The molecule has 2 aromatic carbocycles. The molecule has 21 heavy (non-hydrogen) atoms. The third kappa shape index (κ3) is 2.45. The Labute approximate surface area is 128 Å². The number of rotatable bonds is 3. The van der Waals surface area contributed by atoms with Crippen molar-refractivity contribution in [3.8, 4) is 0 Å². The molecule has 1 aliphatic rings. The average Bonchev–Trinajstić information content (AvgIpc) is 2.80. The number of hydrogen-bond donors (Lipinski definition) is 1. The van der Waals surface area contributed by atoms with E-state index in [0.717, 1.165) is 27.3 Å². The molecule has 1 heterocycles. The Bertz CT molecular complexity index is 699. The lowest BCUT2D eigenvalue weighted by atomic mass is 9.98. The van der Waals surface area contributed by atoms with E-state index in [2.05, 4.69) is 0 Å². The van der Waals surface area contributed by atoms with Crippen LogP contribution in [0, 0.1) is 0 Å². The van der Waals surface area contributed by atoms with Gasteiger partial charge in [-0.3, -0.25) is 4.79 Å². The van der Waals surface area contributed by atoms with Crippen molar-refractivity contribution in [2.24, 2.45) is 0 Å². The fourth-order valence-corrected chi connectivity index (χ4v) is 3.36. The van der Waals surface area contributed by atoms with E-state index < -0.39 is 6.10 Å². The normalized spacial score (nSPS) is 15.2. The maximum Gasteiger partial charge on any atom is 0.231 e. The number of likely N-dealkylation sites (N-methyl/N-ethyl adjacent to an activating group) is 1. The number of thioether (sulfide) groups is 1. The minimum Gasteiger partial charge on any atom is -0.384 e. The fraction of sp³-hybridized carbons (Fsp3) is 0.235. The highest BCUT2D eigenvalue weighted by molar-refractivity contribution is 7.98. The second-order valence-electron chi connectivity index (χ2n) is 5.16. The number of hydrogen-bond acceptors (Lipinski definition) is 3. The number of nitrogens with zero attached hydrogens (tertiary/aromatic N) is 1. The van der Waals surface area contributed by atoms with Crippen LogP contribution < -0.4 is 4.90 Å². The van der Waals surface area contributed by atoms with E-state index in [1.165, 1.54) is 0 Å². The first-order chi connectivity index (χ1) is 10.1. The summed E-state index contributed by atoms with van der Waals surface area (Å²) >= 11 is 1.62. The van der Waals surface area contributed by atoms with Crippen LogP contribution in [-0.2, 0) is 11.2 Å². The van der Waals surface area contributed by atoms with Gasteiger partial charge in [-0.2, -0.15) is 0 Å². The largest absolute Gasteiger partial charge is 0.384 e. The van der Waals surface area contributed by atoms with Gasteiger partial charge in [0, 0.05) is 17.6 Å². The van der Waals surface area contributed by atoms with Crippen molar-refractivity contribution in [1.29, 1.82) is 0 Å².